The topological polar surface area (TPSA) is 225 Å². The highest BCUT2D eigenvalue weighted by Gasteiger charge is 2.53. The van der Waals surface area contributed by atoms with Gasteiger partial charge in [0.2, 0.25) is 5.79 Å². The number of ether oxygens (including phenoxy) is 5. The number of methoxy groups -OCH3 is 3. The Kier molecular flexibility index (Phi) is 23.3. The number of allylic oxidation sites excluding steroid dienone is 2. The Morgan fingerprint density at radius 3 is 2.24 bits per heavy atom. The summed E-state index contributed by atoms with van der Waals surface area (Å²) in [5, 5.41) is 33.4. The van der Waals surface area contributed by atoms with E-state index in [1.165, 1.54) is 26.2 Å². The number of aliphatic hydroxyl groups excluding tert-OH is 1. The zero-order valence-corrected chi connectivity index (χ0v) is 43.9. The molecule has 17 nitrogen and oxygen atoms in total. The lowest BCUT2D eigenvalue weighted by molar-refractivity contribution is -0.306. The number of esters is 1. The molecule has 3 aliphatic heterocycles. The van der Waals surface area contributed by atoms with E-state index in [-0.39, 0.29) is 48.9 Å². The molecule has 1 aliphatic carbocycles. The third-order valence-corrected chi connectivity index (χ3v) is 15.7. The predicted octanol–water partition coefficient (Wildman–Crippen LogP) is 6.66. The molecule has 1 amide bonds. The molecule has 3 fully saturated rings. The molecule has 2 bridgehead atoms. The Labute approximate surface area is 416 Å². The van der Waals surface area contributed by atoms with Crippen molar-refractivity contribution >= 4 is 35.2 Å². The van der Waals surface area contributed by atoms with Crippen LogP contribution < -0.4 is 0 Å². The van der Waals surface area contributed by atoms with E-state index in [0.717, 1.165) is 31.3 Å². The first-order chi connectivity index (χ1) is 33.1. The number of hydrogen-bond acceptors (Lipinski definition) is 16. The van der Waals surface area contributed by atoms with E-state index in [0.29, 0.717) is 75.0 Å². The normalized spacial score (nSPS) is 37.9. The van der Waals surface area contributed by atoms with Crippen molar-refractivity contribution in [3.8, 4) is 0 Å². The number of Topliss-reactive ketones (excluding diaryl/α,β-unsaturated/α-hetero) is 3. The van der Waals surface area contributed by atoms with Gasteiger partial charge in [-0.15, -0.1) is 0 Å². The molecule has 3 heterocycles. The second-order valence-corrected chi connectivity index (χ2v) is 21.2. The number of carbonyl (C=O) groups excluding carboxylic acids is 6. The van der Waals surface area contributed by atoms with Crippen LogP contribution in [-0.4, -0.2) is 144 Å². The van der Waals surface area contributed by atoms with E-state index in [1.54, 1.807) is 34.0 Å². The predicted molar refractivity (Wildman–Crippen MR) is 258 cm³/mol. The number of aliphatic hydroxyl groups is 2. The van der Waals surface area contributed by atoms with Crippen LogP contribution in [0.2, 0.25) is 0 Å². The number of amides is 1. The van der Waals surface area contributed by atoms with Crippen molar-refractivity contribution in [3.63, 3.8) is 0 Å². The van der Waals surface area contributed by atoms with E-state index in [2.05, 4.69) is 13.0 Å². The standard InChI is InChI=1S/C53H86N2O15/c1-31-17-13-12-14-18-32(2)43(65-9)29-39-22-20-37(7)53(63,69-39)49(59)50(60)55-24-16-15-19-41(55)52(62)68-44(34(4)27-38-21-23-40(45(28-38)66-10)51(61)70-54(8)64)30-42(56)33(3)26-36(6)47(58)48(67-11)46(57)35(5)25-31/h18,26,31,33-35,37-41,43-45,47-48,58,63-64H,12-17,19-25,27-30H2,1-11H3/b32-18+,36-26+/t31-,33-,34-,35-,37-,38+,39+,40-,41+,43+,44+,45-,47-,48+,53-/m1/s1. The molecule has 1 saturated carbocycles. The number of carbonyl (C=O) groups is 6. The molecule has 0 spiro atoms. The number of hydrogen-bond donors (Lipinski definition) is 3. The molecule has 2 saturated heterocycles. The van der Waals surface area contributed by atoms with Gasteiger partial charge in [-0.25, -0.2) is 9.59 Å². The maximum absolute atomic E-state index is 14.5. The molecular formula is C53H86N2O15. The summed E-state index contributed by atoms with van der Waals surface area (Å²) in [4.78, 5) is 90.0. The molecule has 0 aromatic carbocycles. The Hall–Kier alpha value is -3.42. The number of piperidine rings is 1. The van der Waals surface area contributed by atoms with Crippen molar-refractivity contribution < 1.29 is 72.7 Å². The van der Waals surface area contributed by atoms with Crippen LogP contribution in [0, 0.1) is 41.4 Å². The molecule has 4 aliphatic rings. The van der Waals surface area contributed by atoms with Gasteiger partial charge in [0, 0.05) is 58.5 Å². The summed E-state index contributed by atoms with van der Waals surface area (Å²) in [5.41, 5.74) is 1.36. The summed E-state index contributed by atoms with van der Waals surface area (Å²) in [5.74, 6) is -9.27. The van der Waals surface area contributed by atoms with E-state index in [1.807, 2.05) is 20.8 Å². The van der Waals surface area contributed by atoms with Crippen molar-refractivity contribution in [2.24, 2.45) is 41.4 Å². The molecule has 17 heteroatoms. The fourth-order valence-corrected chi connectivity index (χ4v) is 11.2. The molecule has 0 aromatic heterocycles. The summed E-state index contributed by atoms with van der Waals surface area (Å²) < 4.78 is 29.7. The maximum atomic E-state index is 14.5. The maximum Gasteiger partial charge on any atom is 0.333 e. The van der Waals surface area contributed by atoms with Crippen LogP contribution in [0.25, 0.3) is 0 Å². The molecule has 0 radical (unpaired) electrons. The minimum Gasteiger partial charge on any atom is -0.460 e. The van der Waals surface area contributed by atoms with Gasteiger partial charge < -0.3 is 43.6 Å². The van der Waals surface area contributed by atoms with Gasteiger partial charge in [0.15, 0.2) is 5.78 Å². The van der Waals surface area contributed by atoms with Crippen LogP contribution in [0.5, 0.6) is 0 Å². The van der Waals surface area contributed by atoms with Gasteiger partial charge in [0.25, 0.3) is 11.7 Å². The fourth-order valence-electron chi connectivity index (χ4n) is 11.2. The molecule has 3 N–H and O–H groups in total. The van der Waals surface area contributed by atoms with Crippen LogP contribution in [0.4, 0.5) is 0 Å². The van der Waals surface area contributed by atoms with Gasteiger partial charge in [-0.05, 0) is 125 Å². The van der Waals surface area contributed by atoms with E-state index in [9.17, 15) is 44.2 Å². The largest absolute Gasteiger partial charge is 0.460 e. The highest BCUT2D eigenvalue weighted by molar-refractivity contribution is 6.39. The highest BCUT2D eigenvalue weighted by atomic mass is 16.9. The highest BCUT2D eigenvalue weighted by Crippen LogP contribution is 2.39. The number of hydroxylamine groups is 2. The number of nitrogens with zero attached hydrogens (tertiary/aromatic N) is 2. The summed E-state index contributed by atoms with van der Waals surface area (Å²) in [6.07, 6.45) is 7.21. The van der Waals surface area contributed by atoms with Crippen LogP contribution in [0.15, 0.2) is 23.3 Å². The molecule has 70 heavy (non-hydrogen) atoms. The van der Waals surface area contributed by atoms with Gasteiger partial charge in [0.1, 0.15) is 30.1 Å². The quantitative estimate of drug-likeness (QED) is 0.100. The lowest BCUT2D eigenvalue weighted by atomic mass is 9.75. The minimum atomic E-state index is -2.44. The summed E-state index contributed by atoms with van der Waals surface area (Å²) in [6, 6.07) is -1.18. The van der Waals surface area contributed by atoms with Crippen molar-refractivity contribution in [2.45, 2.75) is 200 Å². The average Bonchev–Trinajstić information content (AvgIpc) is 3.32. The summed E-state index contributed by atoms with van der Waals surface area (Å²) in [6.45, 7) is 12.9. The SMILES string of the molecule is CO[C@H]1C[C@@H]2CC[C@@H](C)[C@@](O)(O2)C(=O)C(=O)N2CCCC[C@H]2C(=O)O[C@H]([C@H](C)C[C@@H]2CC[C@@H](C(=O)ON(C)O)[C@H](OC)C2)CC(=O)[C@H](C)/C=C(\C)[C@@H](O)[C@@H](OC)C(=O)[C@H](C)C[C@H](C)CCCC/C=C/1C. The fraction of sp³-hybridized carbons (Fsp3) is 0.811. The van der Waals surface area contributed by atoms with Crippen molar-refractivity contribution in [1.29, 1.82) is 0 Å². The lowest BCUT2D eigenvalue weighted by Crippen LogP contribution is -2.61. The first-order valence-corrected chi connectivity index (χ1v) is 25.8. The van der Waals surface area contributed by atoms with Crippen molar-refractivity contribution in [2.75, 3.05) is 34.9 Å². The van der Waals surface area contributed by atoms with E-state index in [4.69, 9.17) is 28.5 Å². The van der Waals surface area contributed by atoms with E-state index >= 15 is 0 Å². The number of ketones is 3. The molecule has 398 valence electrons. The second-order valence-electron chi connectivity index (χ2n) is 21.2. The molecule has 0 unspecified atom stereocenters. The Morgan fingerprint density at radius 2 is 1.59 bits per heavy atom. The van der Waals surface area contributed by atoms with Crippen LogP contribution in [-0.2, 0) is 57.3 Å². The molecule has 15 atom stereocenters. The van der Waals surface area contributed by atoms with E-state index < -0.39 is 95.6 Å². The number of fused-ring (bicyclic) bond motifs is 3. The average molecular weight is 991 g/mol. The molecular weight excluding hydrogens is 905 g/mol. The first-order valence-electron chi connectivity index (χ1n) is 25.8. The Balaban J connectivity index is 1.68. The number of cyclic esters (lactones) is 1. The van der Waals surface area contributed by atoms with Gasteiger partial charge in [-0.2, -0.15) is 0 Å². The van der Waals surface area contributed by atoms with Gasteiger partial charge in [0.05, 0.1) is 31.3 Å². The summed E-state index contributed by atoms with van der Waals surface area (Å²) in [7, 11) is 5.69. The van der Waals surface area contributed by atoms with Gasteiger partial charge >= 0.3 is 11.9 Å². The Bertz CT molecular complexity index is 1840. The zero-order valence-electron chi connectivity index (χ0n) is 43.9. The van der Waals surface area contributed by atoms with Gasteiger partial charge in [-0.1, -0.05) is 59.6 Å². The summed E-state index contributed by atoms with van der Waals surface area (Å²) >= 11 is 0. The van der Waals surface area contributed by atoms with Crippen LogP contribution >= 0.6 is 0 Å². The van der Waals surface area contributed by atoms with Crippen LogP contribution in [0.1, 0.15) is 151 Å². The van der Waals surface area contributed by atoms with Crippen molar-refractivity contribution in [3.05, 3.63) is 23.3 Å². The minimum absolute atomic E-state index is 0.0189. The smallest absolute Gasteiger partial charge is 0.333 e. The lowest BCUT2D eigenvalue weighted by Gasteiger charge is -2.42. The van der Waals surface area contributed by atoms with Crippen LogP contribution in [0.3, 0.4) is 0 Å². The third-order valence-electron chi connectivity index (χ3n) is 15.7. The molecule has 0 aromatic rings. The second kappa shape index (κ2) is 27.6. The third kappa shape index (κ3) is 15.8. The molecule has 4 rings (SSSR count). The number of rotatable bonds is 8. The first kappa shape index (κ1) is 59.1. The van der Waals surface area contributed by atoms with Crippen molar-refractivity contribution in [1.82, 2.24) is 10.1 Å². The Morgan fingerprint density at radius 1 is 0.886 bits per heavy atom. The monoisotopic (exact) mass is 991 g/mol. The van der Waals surface area contributed by atoms with Gasteiger partial charge in [-0.3, -0.25) is 24.4 Å². The zero-order chi connectivity index (χ0) is 52.0.